The highest BCUT2D eigenvalue weighted by molar-refractivity contribution is 6.03. The summed E-state index contributed by atoms with van der Waals surface area (Å²) in [6, 6.07) is 3.59. The van der Waals surface area contributed by atoms with Gasteiger partial charge in [0.25, 0.3) is 0 Å². The van der Waals surface area contributed by atoms with Gasteiger partial charge in [-0.3, -0.25) is 9.59 Å². The Labute approximate surface area is 175 Å². The fourth-order valence-corrected chi connectivity index (χ4v) is 6.38. The highest BCUT2D eigenvalue weighted by atomic mass is 35.5. The number of aromatic hydroxyl groups is 1. The van der Waals surface area contributed by atoms with Gasteiger partial charge in [-0.15, -0.1) is 12.4 Å². The van der Waals surface area contributed by atoms with Crippen molar-refractivity contribution in [3.63, 3.8) is 0 Å². The van der Waals surface area contributed by atoms with Gasteiger partial charge in [-0.05, 0) is 58.0 Å². The molecule has 4 N–H and O–H groups in total. The van der Waals surface area contributed by atoms with E-state index in [9.17, 15) is 19.8 Å². The molecule has 2 heterocycles. The van der Waals surface area contributed by atoms with Crippen LogP contribution in [0.5, 0.6) is 11.5 Å². The topological polar surface area (TPSA) is 119 Å². The Morgan fingerprint density at radius 2 is 1.93 bits per heavy atom. The number of ketones is 2. The van der Waals surface area contributed by atoms with Crippen LogP contribution >= 0.6 is 12.4 Å². The van der Waals surface area contributed by atoms with Crippen LogP contribution in [0.1, 0.15) is 31.4 Å². The lowest BCUT2D eigenvalue weighted by atomic mass is 9.45. The van der Waals surface area contributed by atoms with Gasteiger partial charge in [-0.2, -0.15) is 0 Å². The molecule has 8 heteroatoms. The lowest BCUT2D eigenvalue weighted by molar-refractivity contribution is -0.187. The average Bonchev–Trinajstić information content (AvgIpc) is 2.94. The quantitative estimate of drug-likeness (QED) is 0.676. The fraction of sp³-hybridized carbons (Fsp3) is 0.524. The van der Waals surface area contributed by atoms with Gasteiger partial charge in [0.15, 0.2) is 28.7 Å². The second-order valence-electron chi connectivity index (χ2n) is 8.47. The molecule has 0 amide bonds. The first-order chi connectivity index (χ1) is 12.7. The molecule has 0 unspecified atom stereocenters. The van der Waals surface area contributed by atoms with Crippen LogP contribution in [0.15, 0.2) is 24.3 Å². The lowest BCUT2D eigenvalue weighted by Crippen LogP contribution is -2.79. The lowest BCUT2D eigenvalue weighted by Gasteiger charge is -2.62. The van der Waals surface area contributed by atoms with E-state index in [0.717, 1.165) is 24.1 Å². The standard InChI is InChI=1S/C21H23NO5.ClH.H2O/c1-11(23)20(26)7-6-14-15-10-13-4-5-16(25)18-17(13)19(14,8-9-22(15)3)21(20,27-18)12(2)24;;/h4-7,14-15,25-26H,8-10H2,1-3H3;1H;1H2/t14-,15+,19-,20+,21+;;/m0../s1. The summed E-state index contributed by atoms with van der Waals surface area (Å²) in [6.07, 6.45) is 4.69. The second kappa shape index (κ2) is 6.28. The maximum atomic E-state index is 13.2. The predicted molar refractivity (Wildman–Crippen MR) is 108 cm³/mol. The molecule has 0 saturated carbocycles. The van der Waals surface area contributed by atoms with Crippen molar-refractivity contribution in [1.82, 2.24) is 4.90 Å². The molecule has 5 rings (SSSR count). The third-order valence-electron chi connectivity index (χ3n) is 7.50. The number of hydrogen-bond donors (Lipinski definition) is 2. The van der Waals surface area contributed by atoms with E-state index in [0.29, 0.717) is 6.42 Å². The SMILES string of the molecule is CC(=O)[C@@]12Oc3c(O)ccc4c3[C@@]13CCN(C)[C@H](C4)[C@@H]3C=C[C@@]2(O)C(C)=O.Cl.O. The third-order valence-corrected chi connectivity index (χ3v) is 7.50. The smallest absolute Gasteiger partial charge is 0.216 e. The molecule has 7 nitrogen and oxygen atoms in total. The number of ether oxygens (including phenoxy) is 1. The minimum atomic E-state index is -2.07. The van der Waals surface area contributed by atoms with E-state index >= 15 is 0 Å². The zero-order valence-corrected chi connectivity index (χ0v) is 17.4. The van der Waals surface area contributed by atoms with E-state index in [1.165, 1.54) is 19.9 Å². The number of likely N-dealkylation sites (tertiary alicyclic amines) is 1. The molecule has 1 aromatic carbocycles. The number of nitrogens with zero attached hydrogens (tertiary/aromatic N) is 1. The highest BCUT2D eigenvalue weighted by Crippen LogP contribution is 2.68. The summed E-state index contributed by atoms with van der Waals surface area (Å²) >= 11 is 0. The largest absolute Gasteiger partial charge is 0.504 e. The molecular weight excluding hydrogens is 398 g/mol. The van der Waals surface area contributed by atoms with Crippen LogP contribution in [-0.4, -0.2) is 63.0 Å². The molecule has 0 aromatic heterocycles. The predicted octanol–water partition coefficient (Wildman–Crippen LogP) is 0.714. The van der Waals surface area contributed by atoms with Gasteiger partial charge < -0.3 is 25.3 Å². The van der Waals surface area contributed by atoms with Crippen LogP contribution < -0.4 is 4.74 Å². The zero-order chi connectivity index (χ0) is 19.4. The number of carbonyl (C=O) groups excluding carboxylic acids is 2. The summed E-state index contributed by atoms with van der Waals surface area (Å²) in [6.45, 7) is 3.38. The number of halogens is 1. The van der Waals surface area contributed by atoms with E-state index in [4.69, 9.17) is 4.74 Å². The van der Waals surface area contributed by atoms with Gasteiger partial charge >= 0.3 is 0 Å². The Kier molecular flexibility index (Phi) is 4.72. The molecule has 0 radical (unpaired) electrons. The number of piperidine rings is 1. The van der Waals surface area contributed by atoms with Crippen LogP contribution in [0.25, 0.3) is 0 Å². The maximum Gasteiger partial charge on any atom is 0.216 e. The first-order valence-corrected chi connectivity index (χ1v) is 9.39. The number of benzene rings is 1. The monoisotopic (exact) mass is 423 g/mol. The Morgan fingerprint density at radius 1 is 1.24 bits per heavy atom. The summed E-state index contributed by atoms with van der Waals surface area (Å²) in [5, 5.41) is 22.1. The molecule has 1 spiro atoms. The zero-order valence-electron chi connectivity index (χ0n) is 16.6. The summed E-state index contributed by atoms with van der Waals surface area (Å²) in [7, 11) is 2.06. The number of aliphatic hydroxyl groups is 1. The summed E-state index contributed by atoms with van der Waals surface area (Å²) < 4.78 is 6.23. The van der Waals surface area contributed by atoms with E-state index in [1.807, 2.05) is 12.1 Å². The molecular formula is C21H26ClNO6. The van der Waals surface area contributed by atoms with Crippen molar-refractivity contribution in [2.24, 2.45) is 5.92 Å². The van der Waals surface area contributed by atoms with Gasteiger partial charge in [-0.25, -0.2) is 0 Å². The molecule has 1 saturated heterocycles. The van der Waals surface area contributed by atoms with Crippen molar-refractivity contribution in [3.8, 4) is 11.5 Å². The van der Waals surface area contributed by atoms with E-state index in [1.54, 1.807) is 6.07 Å². The first kappa shape index (κ1) is 21.8. The van der Waals surface area contributed by atoms with Crippen molar-refractivity contribution in [3.05, 3.63) is 35.4 Å². The molecule has 29 heavy (non-hydrogen) atoms. The number of likely N-dealkylation sites (N-methyl/N-ethyl adjacent to an activating group) is 1. The van der Waals surface area contributed by atoms with Gasteiger partial charge in [0, 0.05) is 17.5 Å². The van der Waals surface area contributed by atoms with E-state index in [-0.39, 0.29) is 47.1 Å². The molecule has 4 aliphatic rings. The molecule has 5 atom stereocenters. The van der Waals surface area contributed by atoms with Crippen LogP contribution in [0.4, 0.5) is 0 Å². The number of Topliss-reactive ketones (excluding diaryl/α,β-unsaturated/α-hetero) is 2. The Morgan fingerprint density at radius 3 is 2.55 bits per heavy atom. The Balaban J connectivity index is 0.00000120. The van der Waals surface area contributed by atoms with Gasteiger partial charge in [0.2, 0.25) is 5.60 Å². The molecule has 2 aliphatic carbocycles. The summed E-state index contributed by atoms with van der Waals surface area (Å²) in [4.78, 5) is 28.1. The maximum absolute atomic E-state index is 13.2. The number of phenolic OH excluding ortho intramolecular Hbond substituents is 1. The van der Waals surface area contributed by atoms with Crippen LogP contribution in [0.3, 0.4) is 0 Å². The number of carbonyl (C=O) groups is 2. The summed E-state index contributed by atoms with van der Waals surface area (Å²) in [5.74, 6) is -0.812. The number of rotatable bonds is 2. The van der Waals surface area contributed by atoms with Crippen molar-refractivity contribution in [2.45, 2.75) is 49.3 Å². The number of hydrogen-bond acceptors (Lipinski definition) is 6. The van der Waals surface area contributed by atoms with Crippen molar-refractivity contribution in [1.29, 1.82) is 0 Å². The highest BCUT2D eigenvalue weighted by Gasteiger charge is 2.79. The van der Waals surface area contributed by atoms with Crippen molar-refractivity contribution < 1.29 is 30.0 Å². The van der Waals surface area contributed by atoms with Crippen LogP contribution in [0.2, 0.25) is 0 Å². The van der Waals surface area contributed by atoms with Crippen LogP contribution in [0, 0.1) is 5.92 Å². The fourth-order valence-electron chi connectivity index (χ4n) is 6.38. The van der Waals surface area contributed by atoms with E-state index < -0.39 is 22.4 Å². The molecule has 1 aromatic rings. The minimum Gasteiger partial charge on any atom is -0.504 e. The Bertz CT molecular complexity index is 947. The molecule has 2 bridgehead atoms. The first-order valence-electron chi connectivity index (χ1n) is 9.39. The normalized spacial score (nSPS) is 38.2. The third kappa shape index (κ3) is 2.04. The Hall–Kier alpha value is -1.93. The van der Waals surface area contributed by atoms with Gasteiger partial charge in [-0.1, -0.05) is 12.1 Å². The number of phenols is 1. The second-order valence-corrected chi connectivity index (χ2v) is 8.47. The van der Waals surface area contributed by atoms with Crippen molar-refractivity contribution in [2.75, 3.05) is 13.6 Å². The molecule has 1 fully saturated rings. The van der Waals surface area contributed by atoms with E-state index in [2.05, 4.69) is 11.9 Å². The summed E-state index contributed by atoms with van der Waals surface area (Å²) in [5.41, 5.74) is -2.89. The minimum absolute atomic E-state index is 0. The van der Waals surface area contributed by atoms with Crippen molar-refractivity contribution >= 4 is 24.0 Å². The molecule has 2 aliphatic heterocycles. The van der Waals surface area contributed by atoms with Gasteiger partial charge in [0.05, 0.1) is 5.41 Å². The van der Waals surface area contributed by atoms with Gasteiger partial charge in [0.1, 0.15) is 0 Å². The van der Waals surface area contributed by atoms with Crippen LogP contribution in [-0.2, 0) is 21.4 Å². The average molecular weight is 424 g/mol. The molecule has 158 valence electrons.